The molecular formula is C4H9NNaO5P. The molecule has 0 aromatic heterocycles. The predicted molar refractivity (Wildman–Crippen MR) is 34.3 cm³/mol. The van der Waals surface area contributed by atoms with E-state index in [2.05, 4.69) is 0 Å². The number of carboxylic acids is 1. The Hall–Kier alpha value is 0.580. The molecule has 0 aliphatic rings. The van der Waals surface area contributed by atoms with E-state index < -0.39 is 19.3 Å². The molecule has 0 fully saturated rings. The number of carboxylic acid groups (broad SMARTS) is 1. The first-order chi connectivity index (χ1) is 4.65. The van der Waals surface area contributed by atoms with Gasteiger partial charge in [0, 0.05) is 0 Å². The molecule has 0 aromatic carbocycles. The Bertz CT molecular complexity index is 211. The Kier molecular flexibility index (Phi) is 5.92. The Morgan fingerprint density at radius 2 is 1.83 bits per heavy atom. The van der Waals surface area contributed by atoms with Crippen molar-refractivity contribution in [2.24, 2.45) is 0 Å². The standard InChI is InChI=1S/C4H10NO5P.Na/c1-4(2,3(6)7)5-11(8,9)10;/h1-2H3,(H,6,7)(H3,5,8,9,10);/q;+1/p-1. The van der Waals surface area contributed by atoms with Crippen LogP contribution < -0.4 is 39.8 Å². The molecule has 0 bridgehead atoms. The minimum Gasteiger partial charge on any atom is -0.548 e. The topological polar surface area (TPSA) is 110 Å². The minimum absolute atomic E-state index is 0. The summed E-state index contributed by atoms with van der Waals surface area (Å²) in [4.78, 5) is 26.8. The van der Waals surface area contributed by atoms with Crippen LogP contribution in [0.4, 0.5) is 0 Å². The van der Waals surface area contributed by atoms with Crippen LogP contribution in [0.1, 0.15) is 13.8 Å². The first-order valence-corrected chi connectivity index (χ1v) is 4.33. The number of hydrogen-bond donors (Lipinski definition) is 3. The van der Waals surface area contributed by atoms with Crippen molar-refractivity contribution in [3.8, 4) is 0 Å². The van der Waals surface area contributed by atoms with Gasteiger partial charge in [-0.25, -0.2) is 9.65 Å². The van der Waals surface area contributed by atoms with E-state index in [9.17, 15) is 14.5 Å². The van der Waals surface area contributed by atoms with Crippen LogP contribution in [0.5, 0.6) is 0 Å². The summed E-state index contributed by atoms with van der Waals surface area (Å²) in [5.41, 5.74) is -1.72. The second kappa shape index (κ2) is 4.72. The quantitative estimate of drug-likeness (QED) is 0.315. The zero-order valence-corrected chi connectivity index (χ0v) is 9.96. The van der Waals surface area contributed by atoms with Crippen LogP contribution in [0, 0.1) is 0 Å². The van der Waals surface area contributed by atoms with E-state index in [0.29, 0.717) is 0 Å². The fourth-order valence-corrected chi connectivity index (χ4v) is 1.23. The summed E-state index contributed by atoms with van der Waals surface area (Å²) >= 11 is 0. The fourth-order valence-electron chi connectivity index (χ4n) is 0.410. The minimum atomic E-state index is -4.51. The molecule has 6 nitrogen and oxygen atoms in total. The molecule has 0 saturated heterocycles. The normalized spacial score (nSPS) is 12.0. The van der Waals surface area contributed by atoms with Crippen LogP contribution in [-0.4, -0.2) is 21.3 Å². The monoisotopic (exact) mass is 205 g/mol. The van der Waals surface area contributed by atoms with Crippen molar-refractivity contribution in [2.75, 3.05) is 0 Å². The van der Waals surface area contributed by atoms with E-state index in [4.69, 9.17) is 9.79 Å². The van der Waals surface area contributed by atoms with Crippen molar-refractivity contribution in [2.45, 2.75) is 19.4 Å². The van der Waals surface area contributed by atoms with Crippen molar-refractivity contribution in [1.82, 2.24) is 5.09 Å². The third kappa shape index (κ3) is 6.14. The van der Waals surface area contributed by atoms with Gasteiger partial charge in [-0.05, 0) is 13.8 Å². The molecule has 0 spiro atoms. The van der Waals surface area contributed by atoms with Crippen LogP contribution in [0.3, 0.4) is 0 Å². The van der Waals surface area contributed by atoms with E-state index in [1.807, 2.05) is 0 Å². The molecule has 0 radical (unpaired) electrons. The van der Waals surface area contributed by atoms with Crippen LogP contribution >= 0.6 is 7.75 Å². The van der Waals surface area contributed by atoms with E-state index in [-0.39, 0.29) is 29.6 Å². The molecule has 0 saturated carbocycles. The Labute approximate surface area is 91.9 Å². The van der Waals surface area contributed by atoms with Gasteiger partial charge in [0.25, 0.3) is 0 Å². The molecule has 0 rings (SSSR count). The molecule has 3 N–H and O–H groups in total. The Balaban J connectivity index is 0. The molecule has 0 atom stereocenters. The zero-order valence-electron chi connectivity index (χ0n) is 7.07. The van der Waals surface area contributed by atoms with Crippen LogP contribution in [0.25, 0.3) is 0 Å². The second-order valence-corrected chi connectivity index (χ2v) is 3.88. The molecule has 0 amide bonds. The molecule has 12 heavy (non-hydrogen) atoms. The zero-order chi connectivity index (χ0) is 9.28. The third-order valence-electron chi connectivity index (χ3n) is 0.935. The van der Waals surface area contributed by atoms with Crippen molar-refractivity contribution < 1.29 is 53.8 Å². The number of carbonyl (C=O) groups excluding carboxylic acids is 1. The number of hydrogen-bond acceptors (Lipinski definition) is 3. The van der Waals surface area contributed by atoms with Gasteiger partial charge in [0.15, 0.2) is 0 Å². The maximum Gasteiger partial charge on any atom is 1.00 e. The maximum absolute atomic E-state index is 10.2. The smallest absolute Gasteiger partial charge is 0.548 e. The summed E-state index contributed by atoms with van der Waals surface area (Å²) in [7, 11) is -4.51. The SMILES string of the molecule is CC(C)(NP(=O)(O)O)C(=O)[O-].[Na+]. The van der Waals surface area contributed by atoms with Gasteiger partial charge >= 0.3 is 37.3 Å². The summed E-state index contributed by atoms with van der Waals surface area (Å²) in [5.74, 6) is -1.57. The summed E-state index contributed by atoms with van der Waals surface area (Å²) in [5, 5.41) is 11.8. The average Bonchev–Trinajstić information content (AvgIpc) is 1.56. The molecule has 0 aliphatic heterocycles. The van der Waals surface area contributed by atoms with Crippen molar-refractivity contribution in [1.29, 1.82) is 0 Å². The molecule has 0 aromatic rings. The van der Waals surface area contributed by atoms with Crippen LogP contribution in [0.2, 0.25) is 0 Å². The summed E-state index contributed by atoms with van der Waals surface area (Å²) in [6.07, 6.45) is 0. The first kappa shape index (κ1) is 15.1. The molecule has 0 aliphatic carbocycles. The van der Waals surface area contributed by atoms with Gasteiger partial charge in [-0.1, -0.05) is 0 Å². The Morgan fingerprint density at radius 3 is 1.92 bits per heavy atom. The number of aliphatic carboxylic acids is 1. The maximum atomic E-state index is 10.2. The van der Waals surface area contributed by atoms with Crippen molar-refractivity contribution >= 4 is 13.7 Å². The van der Waals surface area contributed by atoms with E-state index in [1.54, 1.807) is 5.09 Å². The third-order valence-corrected chi connectivity index (χ3v) is 1.79. The van der Waals surface area contributed by atoms with Gasteiger partial charge < -0.3 is 19.7 Å². The number of carbonyl (C=O) groups is 1. The molecule has 0 unspecified atom stereocenters. The number of nitrogens with one attached hydrogen (secondary N) is 1. The van der Waals surface area contributed by atoms with E-state index in [1.165, 1.54) is 0 Å². The van der Waals surface area contributed by atoms with Gasteiger partial charge in [-0.15, -0.1) is 0 Å². The van der Waals surface area contributed by atoms with Gasteiger partial charge in [-0.3, -0.25) is 0 Å². The molecular weight excluding hydrogens is 196 g/mol. The van der Waals surface area contributed by atoms with Crippen LogP contribution in [0.15, 0.2) is 0 Å². The van der Waals surface area contributed by atoms with E-state index in [0.717, 1.165) is 13.8 Å². The van der Waals surface area contributed by atoms with Crippen LogP contribution in [-0.2, 0) is 9.36 Å². The first-order valence-electron chi connectivity index (χ1n) is 2.71. The van der Waals surface area contributed by atoms with Crippen molar-refractivity contribution in [3.63, 3.8) is 0 Å². The summed E-state index contributed by atoms with van der Waals surface area (Å²) in [6.45, 7) is 2.20. The largest absolute Gasteiger partial charge is 1.00 e. The number of rotatable bonds is 3. The van der Waals surface area contributed by atoms with Gasteiger partial charge in [0.2, 0.25) is 0 Å². The molecule has 8 heteroatoms. The van der Waals surface area contributed by atoms with Gasteiger partial charge in [0.05, 0.1) is 11.5 Å². The van der Waals surface area contributed by atoms with Gasteiger partial charge in [-0.2, -0.15) is 0 Å². The van der Waals surface area contributed by atoms with Crippen molar-refractivity contribution in [3.05, 3.63) is 0 Å². The Morgan fingerprint density at radius 1 is 1.50 bits per heavy atom. The second-order valence-electron chi connectivity index (χ2n) is 2.57. The molecule has 66 valence electrons. The van der Waals surface area contributed by atoms with Gasteiger partial charge in [0.1, 0.15) is 0 Å². The molecule has 0 heterocycles. The fraction of sp³-hybridized carbons (Fsp3) is 0.750. The summed E-state index contributed by atoms with van der Waals surface area (Å²) < 4.78 is 10.2. The predicted octanol–water partition coefficient (Wildman–Crippen LogP) is -4.80. The summed E-state index contributed by atoms with van der Waals surface area (Å²) in [6, 6.07) is 0. The van der Waals surface area contributed by atoms with E-state index >= 15 is 0 Å². The average molecular weight is 205 g/mol.